The van der Waals surface area contributed by atoms with Gasteiger partial charge in [0.15, 0.2) is 5.69 Å². The summed E-state index contributed by atoms with van der Waals surface area (Å²) in [5.41, 5.74) is 1.39. The molecule has 0 fully saturated rings. The predicted molar refractivity (Wildman–Crippen MR) is 62.9 cm³/mol. The Hall–Kier alpha value is -1.32. The molecular formula is C10H11F6N3S. The molecule has 20 heavy (non-hydrogen) atoms. The van der Waals surface area contributed by atoms with Crippen LogP contribution in [0.1, 0.15) is 29.8 Å². The number of hydrogen-bond acceptors (Lipinski definition) is 2. The molecule has 0 aliphatic carbocycles. The van der Waals surface area contributed by atoms with Crippen LogP contribution in [0.15, 0.2) is 0 Å². The molecule has 0 aromatic carbocycles. The van der Waals surface area contributed by atoms with Crippen molar-refractivity contribution in [2.45, 2.75) is 31.6 Å². The van der Waals surface area contributed by atoms with E-state index >= 15 is 0 Å². The van der Waals surface area contributed by atoms with E-state index in [1.165, 1.54) is 0 Å². The van der Waals surface area contributed by atoms with E-state index in [9.17, 15) is 26.3 Å². The molecule has 3 nitrogen and oxygen atoms in total. The fourth-order valence-corrected chi connectivity index (χ4v) is 1.97. The highest BCUT2D eigenvalue weighted by Gasteiger charge is 2.45. The minimum Gasteiger partial charge on any atom is -0.393 e. The molecule has 0 unspecified atom stereocenters. The molecule has 0 amide bonds. The van der Waals surface area contributed by atoms with Crippen LogP contribution in [0.2, 0.25) is 0 Å². The fourth-order valence-electron chi connectivity index (χ4n) is 1.83. The molecule has 0 atom stereocenters. The van der Waals surface area contributed by atoms with Gasteiger partial charge in [0, 0.05) is 12.6 Å². The molecule has 10 heteroatoms. The van der Waals surface area contributed by atoms with E-state index in [0.29, 0.717) is 0 Å². The summed E-state index contributed by atoms with van der Waals surface area (Å²) in [7, 11) is 0.829. The van der Waals surface area contributed by atoms with Crippen molar-refractivity contribution in [3.63, 3.8) is 0 Å². The Bertz CT molecular complexity index is 502. The molecule has 0 aliphatic rings. The zero-order valence-corrected chi connectivity index (χ0v) is 11.1. The number of nitrogens with zero attached hydrogens (tertiary/aromatic N) is 2. The molecule has 2 N–H and O–H groups in total. The standard InChI is InChI=1S/C10H11F6N3S/c1-19-8(10(14,15)16)5(3-2-4-6(17)20)7(18-19)9(11,12)13/h2-4H2,1H3,(H2,17,20). The van der Waals surface area contributed by atoms with Crippen LogP contribution in [-0.4, -0.2) is 14.8 Å². The second-order valence-electron chi connectivity index (χ2n) is 4.11. The Kier molecular flexibility index (Phi) is 4.67. The van der Waals surface area contributed by atoms with Gasteiger partial charge in [-0.3, -0.25) is 4.68 Å². The summed E-state index contributed by atoms with van der Waals surface area (Å²) in [6.07, 6.45) is -10.2. The van der Waals surface area contributed by atoms with Gasteiger partial charge < -0.3 is 5.73 Å². The monoisotopic (exact) mass is 319 g/mol. The average molecular weight is 319 g/mol. The molecule has 1 aromatic rings. The van der Waals surface area contributed by atoms with Crippen molar-refractivity contribution in [2.24, 2.45) is 12.8 Å². The largest absolute Gasteiger partial charge is 0.435 e. The lowest BCUT2D eigenvalue weighted by Crippen LogP contribution is -2.15. The molecule has 1 heterocycles. The van der Waals surface area contributed by atoms with Crippen molar-refractivity contribution in [3.05, 3.63) is 17.0 Å². The number of halogens is 6. The molecule has 0 aliphatic heterocycles. The molecule has 0 saturated heterocycles. The Morgan fingerprint density at radius 3 is 2.15 bits per heavy atom. The van der Waals surface area contributed by atoms with Crippen LogP contribution in [0.3, 0.4) is 0 Å². The highest BCUT2D eigenvalue weighted by molar-refractivity contribution is 7.80. The molecule has 0 radical (unpaired) electrons. The number of hydrogen-bond donors (Lipinski definition) is 1. The van der Waals surface area contributed by atoms with Crippen molar-refractivity contribution in [1.82, 2.24) is 9.78 Å². The summed E-state index contributed by atoms with van der Waals surface area (Å²) < 4.78 is 76.8. The Balaban J connectivity index is 3.24. The van der Waals surface area contributed by atoms with E-state index in [4.69, 9.17) is 5.73 Å². The molecule has 114 valence electrons. The first-order valence-corrected chi connectivity index (χ1v) is 5.84. The Morgan fingerprint density at radius 1 is 1.20 bits per heavy atom. The van der Waals surface area contributed by atoms with Gasteiger partial charge in [-0.25, -0.2) is 0 Å². The third-order valence-electron chi connectivity index (χ3n) is 2.53. The van der Waals surface area contributed by atoms with Crippen LogP contribution in [-0.2, 0) is 25.8 Å². The summed E-state index contributed by atoms with van der Waals surface area (Å²) in [5, 5.41) is 2.95. The summed E-state index contributed by atoms with van der Waals surface area (Å²) in [5.74, 6) is 0. The van der Waals surface area contributed by atoms with Gasteiger partial charge in [0.2, 0.25) is 0 Å². The second kappa shape index (κ2) is 5.58. The molecular weight excluding hydrogens is 308 g/mol. The lowest BCUT2D eigenvalue weighted by molar-refractivity contribution is -0.145. The summed E-state index contributed by atoms with van der Waals surface area (Å²) in [6.45, 7) is 0. The van der Waals surface area contributed by atoms with Crippen LogP contribution in [0.4, 0.5) is 26.3 Å². The predicted octanol–water partition coefficient (Wildman–Crippen LogP) is 3.07. The van der Waals surface area contributed by atoms with E-state index in [2.05, 4.69) is 17.3 Å². The summed E-state index contributed by atoms with van der Waals surface area (Å²) in [4.78, 5) is 0.0380. The smallest absolute Gasteiger partial charge is 0.393 e. The van der Waals surface area contributed by atoms with Crippen LogP contribution in [0.25, 0.3) is 0 Å². The third kappa shape index (κ3) is 3.84. The number of aryl methyl sites for hydroxylation is 1. The van der Waals surface area contributed by atoms with Crippen LogP contribution in [0.5, 0.6) is 0 Å². The normalized spacial score (nSPS) is 12.8. The quantitative estimate of drug-likeness (QED) is 0.685. The maximum Gasteiger partial charge on any atom is 0.435 e. The van der Waals surface area contributed by atoms with Crippen molar-refractivity contribution in [1.29, 1.82) is 0 Å². The number of alkyl halides is 6. The van der Waals surface area contributed by atoms with Gasteiger partial charge in [-0.1, -0.05) is 12.2 Å². The second-order valence-corrected chi connectivity index (χ2v) is 4.64. The molecule has 0 spiro atoms. The van der Waals surface area contributed by atoms with Gasteiger partial charge in [-0.15, -0.1) is 0 Å². The Morgan fingerprint density at radius 2 is 1.75 bits per heavy atom. The van der Waals surface area contributed by atoms with Gasteiger partial charge >= 0.3 is 12.4 Å². The lowest BCUT2D eigenvalue weighted by atomic mass is 10.0. The first-order chi connectivity index (χ1) is 8.94. The third-order valence-corrected chi connectivity index (χ3v) is 2.74. The van der Waals surface area contributed by atoms with Gasteiger partial charge in [0.1, 0.15) is 5.69 Å². The Labute approximate surface area is 115 Å². The van der Waals surface area contributed by atoms with E-state index in [-0.39, 0.29) is 22.5 Å². The molecule has 1 rings (SSSR count). The number of thiocarbonyl (C=S) groups is 1. The van der Waals surface area contributed by atoms with Crippen molar-refractivity contribution >= 4 is 17.2 Å². The van der Waals surface area contributed by atoms with Crippen molar-refractivity contribution in [2.75, 3.05) is 0 Å². The van der Waals surface area contributed by atoms with E-state index < -0.39 is 35.7 Å². The first-order valence-electron chi connectivity index (χ1n) is 5.43. The van der Waals surface area contributed by atoms with Crippen LogP contribution >= 0.6 is 12.2 Å². The first kappa shape index (κ1) is 16.7. The highest BCUT2D eigenvalue weighted by atomic mass is 32.1. The fraction of sp³-hybridized carbons (Fsp3) is 0.600. The maximum absolute atomic E-state index is 12.8. The lowest BCUT2D eigenvalue weighted by Gasteiger charge is -2.11. The van der Waals surface area contributed by atoms with Gasteiger partial charge in [0.05, 0.1) is 4.99 Å². The minimum atomic E-state index is -4.94. The molecule has 0 bridgehead atoms. The summed E-state index contributed by atoms with van der Waals surface area (Å²) in [6, 6.07) is 0. The summed E-state index contributed by atoms with van der Waals surface area (Å²) >= 11 is 4.54. The number of nitrogens with two attached hydrogens (primary N) is 1. The zero-order valence-electron chi connectivity index (χ0n) is 10.3. The average Bonchev–Trinajstić information content (AvgIpc) is 2.53. The van der Waals surface area contributed by atoms with Crippen LogP contribution < -0.4 is 5.73 Å². The SMILES string of the molecule is Cn1nc(C(F)(F)F)c(CCCC(N)=S)c1C(F)(F)F. The number of rotatable bonds is 4. The molecule has 1 aromatic heterocycles. The van der Waals surface area contributed by atoms with E-state index in [1.54, 1.807) is 0 Å². The van der Waals surface area contributed by atoms with Crippen molar-refractivity contribution in [3.8, 4) is 0 Å². The van der Waals surface area contributed by atoms with E-state index in [0.717, 1.165) is 7.05 Å². The zero-order chi connectivity index (χ0) is 15.7. The minimum absolute atomic E-state index is 0.00676. The molecule has 0 saturated carbocycles. The van der Waals surface area contributed by atoms with Crippen LogP contribution in [0, 0.1) is 0 Å². The van der Waals surface area contributed by atoms with Gasteiger partial charge in [0.25, 0.3) is 0 Å². The topological polar surface area (TPSA) is 43.8 Å². The van der Waals surface area contributed by atoms with E-state index in [1.807, 2.05) is 0 Å². The van der Waals surface area contributed by atoms with Crippen molar-refractivity contribution < 1.29 is 26.3 Å². The number of aromatic nitrogens is 2. The van der Waals surface area contributed by atoms with Gasteiger partial charge in [-0.05, 0) is 19.3 Å². The van der Waals surface area contributed by atoms with Gasteiger partial charge in [-0.2, -0.15) is 31.4 Å². The highest BCUT2D eigenvalue weighted by Crippen LogP contribution is 2.39. The maximum atomic E-state index is 12.8.